The van der Waals surface area contributed by atoms with E-state index in [9.17, 15) is 4.79 Å². The van der Waals surface area contributed by atoms with Crippen molar-refractivity contribution in [1.29, 1.82) is 10.7 Å². The zero-order valence-electron chi connectivity index (χ0n) is 14.3. The highest BCUT2D eigenvalue weighted by atomic mass is 16.2. The molecular weight excluding hydrogens is 312 g/mol. The van der Waals surface area contributed by atoms with Crippen LogP contribution in [0.15, 0.2) is 48.5 Å². The SMILES string of the molecule is CN1C(=N)N[C@](C)(c2cccc(-c3cccc(CC#N)c3)c2)CC1=O. The Kier molecular flexibility index (Phi) is 4.28. The number of nitriles is 1. The highest BCUT2D eigenvalue weighted by Crippen LogP contribution is 2.31. The summed E-state index contributed by atoms with van der Waals surface area (Å²) in [5, 5.41) is 20.0. The second-order valence-electron chi connectivity index (χ2n) is 6.55. The summed E-state index contributed by atoms with van der Waals surface area (Å²) in [5.74, 6) is 0.0350. The van der Waals surface area contributed by atoms with Gasteiger partial charge in [-0.15, -0.1) is 0 Å². The lowest BCUT2D eigenvalue weighted by Gasteiger charge is -2.39. The first-order valence-electron chi connectivity index (χ1n) is 8.13. The lowest BCUT2D eigenvalue weighted by atomic mass is 9.85. The molecule has 1 amide bonds. The van der Waals surface area contributed by atoms with Crippen LogP contribution in [0.25, 0.3) is 11.1 Å². The third kappa shape index (κ3) is 3.24. The molecule has 25 heavy (non-hydrogen) atoms. The number of rotatable bonds is 3. The molecule has 126 valence electrons. The lowest BCUT2D eigenvalue weighted by Crippen LogP contribution is -2.58. The quantitative estimate of drug-likeness (QED) is 0.906. The van der Waals surface area contributed by atoms with Gasteiger partial charge in [-0.05, 0) is 35.2 Å². The summed E-state index contributed by atoms with van der Waals surface area (Å²) in [4.78, 5) is 13.5. The Labute approximate surface area is 147 Å². The monoisotopic (exact) mass is 332 g/mol. The van der Waals surface area contributed by atoms with Gasteiger partial charge in [0.05, 0.1) is 24.4 Å². The Balaban J connectivity index is 1.97. The number of hydrogen-bond acceptors (Lipinski definition) is 3. The summed E-state index contributed by atoms with van der Waals surface area (Å²) in [6, 6.07) is 18.1. The minimum absolute atomic E-state index is 0.0762. The third-order valence-corrected chi connectivity index (χ3v) is 4.65. The molecule has 3 rings (SSSR count). The fourth-order valence-electron chi connectivity index (χ4n) is 3.10. The molecule has 0 saturated carbocycles. The van der Waals surface area contributed by atoms with Crippen molar-refractivity contribution < 1.29 is 4.79 Å². The number of carbonyl (C=O) groups excluding carboxylic acids is 1. The molecule has 1 heterocycles. The molecule has 1 aliphatic rings. The van der Waals surface area contributed by atoms with Gasteiger partial charge in [-0.1, -0.05) is 42.5 Å². The molecule has 1 atom stereocenters. The first-order valence-corrected chi connectivity index (χ1v) is 8.13. The van der Waals surface area contributed by atoms with Gasteiger partial charge in [0.25, 0.3) is 0 Å². The average molecular weight is 332 g/mol. The van der Waals surface area contributed by atoms with E-state index in [-0.39, 0.29) is 11.9 Å². The van der Waals surface area contributed by atoms with Crippen molar-refractivity contribution in [2.75, 3.05) is 7.05 Å². The second kappa shape index (κ2) is 6.40. The van der Waals surface area contributed by atoms with E-state index >= 15 is 0 Å². The minimum atomic E-state index is -0.610. The van der Waals surface area contributed by atoms with E-state index in [0.29, 0.717) is 12.8 Å². The Morgan fingerprint density at radius 2 is 1.92 bits per heavy atom. The standard InChI is InChI=1S/C20H20N4O/c1-20(13-18(25)24(2)19(22)23-20)17-8-4-7-16(12-17)15-6-3-5-14(11-15)9-10-21/h3-8,11-12H,9,13H2,1-2H3,(H2,22,23)/t20-/m0/s1. The van der Waals surface area contributed by atoms with Crippen molar-refractivity contribution in [2.24, 2.45) is 0 Å². The van der Waals surface area contributed by atoms with Crippen molar-refractivity contribution in [3.63, 3.8) is 0 Å². The number of amides is 1. The predicted molar refractivity (Wildman–Crippen MR) is 96.8 cm³/mol. The summed E-state index contributed by atoms with van der Waals surface area (Å²) in [6.07, 6.45) is 0.675. The van der Waals surface area contributed by atoms with Crippen LogP contribution < -0.4 is 5.32 Å². The van der Waals surface area contributed by atoms with Crippen LogP contribution in [0.3, 0.4) is 0 Å². The van der Waals surface area contributed by atoms with Crippen LogP contribution in [0.2, 0.25) is 0 Å². The molecule has 5 nitrogen and oxygen atoms in total. The maximum atomic E-state index is 12.2. The van der Waals surface area contributed by atoms with Crippen LogP contribution in [-0.2, 0) is 16.8 Å². The van der Waals surface area contributed by atoms with Gasteiger partial charge in [0.2, 0.25) is 5.91 Å². The van der Waals surface area contributed by atoms with E-state index in [1.165, 1.54) is 4.90 Å². The Bertz CT molecular complexity index is 863. The molecule has 1 fully saturated rings. The van der Waals surface area contributed by atoms with Crippen LogP contribution in [0.5, 0.6) is 0 Å². The largest absolute Gasteiger partial charge is 0.346 e. The zero-order valence-corrected chi connectivity index (χ0v) is 14.3. The minimum Gasteiger partial charge on any atom is -0.346 e. The van der Waals surface area contributed by atoms with Crippen molar-refractivity contribution in [3.8, 4) is 17.2 Å². The number of carbonyl (C=O) groups is 1. The highest BCUT2D eigenvalue weighted by Gasteiger charge is 2.37. The lowest BCUT2D eigenvalue weighted by molar-refractivity contribution is -0.129. The van der Waals surface area contributed by atoms with Gasteiger partial charge in [0.1, 0.15) is 0 Å². The molecule has 1 aliphatic heterocycles. The smallest absolute Gasteiger partial charge is 0.231 e. The van der Waals surface area contributed by atoms with Crippen LogP contribution in [0.4, 0.5) is 0 Å². The van der Waals surface area contributed by atoms with E-state index in [2.05, 4.69) is 11.4 Å². The molecule has 5 heteroatoms. The molecule has 0 aliphatic carbocycles. The highest BCUT2D eigenvalue weighted by molar-refractivity contribution is 5.98. The number of benzene rings is 2. The Morgan fingerprint density at radius 3 is 2.60 bits per heavy atom. The summed E-state index contributed by atoms with van der Waals surface area (Å²) < 4.78 is 0. The average Bonchev–Trinajstić information content (AvgIpc) is 2.60. The zero-order chi connectivity index (χ0) is 18.0. The van der Waals surface area contributed by atoms with Crippen LogP contribution in [-0.4, -0.2) is 23.8 Å². The number of nitrogens with zero attached hydrogens (tertiary/aromatic N) is 2. The number of guanidine groups is 1. The summed E-state index contributed by atoms with van der Waals surface area (Å²) >= 11 is 0. The van der Waals surface area contributed by atoms with Gasteiger partial charge in [0, 0.05) is 7.05 Å². The Hall–Kier alpha value is -3.13. The van der Waals surface area contributed by atoms with Gasteiger partial charge < -0.3 is 5.32 Å². The fraction of sp³-hybridized carbons (Fsp3) is 0.250. The molecule has 0 unspecified atom stereocenters. The first-order chi connectivity index (χ1) is 11.9. The summed E-state index contributed by atoms with van der Waals surface area (Å²) in [7, 11) is 1.61. The summed E-state index contributed by atoms with van der Waals surface area (Å²) in [6.45, 7) is 1.94. The molecule has 2 aromatic rings. The van der Waals surface area contributed by atoms with E-state index in [1.807, 2.05) is 55.5 Å². The van der Waals surface area contributed by atoms with Gasteiger partial charge in [-0.25, -0.2) is 0 Å². The first kappa shape index (κ1) is 16.7. The van der Waals surface area contributed by atoms with Gasteiger partial charge in [0.15, 0.2) is 5.96 Å². The van der Waals surface area contributed by atoms with E-state index in [4.69, 9.17) is 10.7 Å². The van der Waals surface area contributed by atoms with Gasteiger partial charge in [-0.2, -0.15) is 5.26 Å². The molecule has 0 aromatic heterocycles. The second-order valence-corrected chi connectivity index (χ2v) is 6.55. The third-order valence-electron chi connectivity index (χ3n) is 4.65. The number of nitrogens with one attached hydrogen (secondary N) is 2. The van der Waals surface area contributed by atoms with Crippen molar-refractivity contribution >= 4 is 11.9 Å². The maximum absolute atomic E-state index is 12.2. The molecule has 0 radical (unpaired) electrons. The normalized spacial score (nSPS) is 20.1. The molecular formula is C20H20N4O. The van der Waals surface area contributed by atoms with Gasteiger partial charge >= 0.3 is 0 Å². The van der Waals surface area contributed by atoms with Crippen LogP contribution in [0, 0.1) is 16.7 Å². The molecule has 0 bridgehead atoms. The molecule has 1 saturated heterocycles. The van der Waals surface area contributed by atoms with Crippen molar-refractivity contribution in [2.45, 2.75) is 25.3 Å². The van der Waals surface area contributed by atoms with Crippen molar-refractivity contribution in [3.05, 3.63) is 59.7 Å². The fourth-order valence-corrected chi connectivity index (χ4v) is 3.10. The maximum Gasteiger partial charge on any atom is 0.231 e. The van der Waals surface area contributed by atoms with Crippen molar-refractivity contribution in [1.82, 2.24) is 10.2 Å². The molecule has 2 aromatic carbocycles. The molecule has 0 spiro atoms. The number of hydrogen-bond donors (Lipinski definition) is 2. The van der Waals surface area contributed by atoms with Gasteiger partial charge in [-0.3, -0.25) is 15.1 Å². The van der Waals surface area contributed by atoms with E-state index in [0.717, 1.165) is 22.3 Å². The topological polar surface area (TPSA) is 80.0 Å². The molecule has 2 N–H and O–H groups in total. The van der Waals surface area contributed by atoms with E-state index < -0.39 is 5.54 Å². The van der Waals surface area contributed by atoms with E-state index in [1.54, 1.807) is 7.05 Å². The predicted octanol–water partition coefficient (Wildman–Crippen LogP) is 3.02. The van der Waals surface area contributed by atoms with Crippen LogP contribution in [0.1, 0.15) is 24.5 Å². The summed E-state index contributed by atoms with van der Waals surface area (Å²) in [5.41, 5.74) is 3.39. The Morgan fingerprint density at radius 1 is 1.24 bits per heavy atom. The van der Waals surface area contributed by atoms with Crippen LogP contribution >= 0.6 is 0 Å².